The molecule has 4 rings (SSSR count). The second-order valence-corrected chi connectivity index (χ2v) is 10.4. The fraction of sp³-hybridized carbons (Fsp3) is 0.429. The van der Waals surface area contributed by atoms with Gasteiger partial charge in [-0.3, -0.25) is 14.8 Å². The van der Waals surface area contributed by atoms with Gasteiger partial charge in [-0.2, -0.15) is 13.2 Å². The number of carbonyl (C=O) groups excluding carboxylic acids is 1. The van der Waals surface area contributed by atoms with Crippen molar-refractivity contribution in [2.24, 2.45) is 0 Å². The monoisotopic (exact) mass is 483 g/mol. The summed E-state index contributed by atoms with van der Waals surface area (Å²) < 4.78 is 63.4. The van der Waals surface area contributed by atoms with Gasteiger partial charge in [0.1, 0.15) is 0 Å². The van der Waals surface area contributed by atoms with Crippen LogP contribution < -0.4 is 10.6 Å². The first-order chi connectivity index (χ1) is 15.6. The standard InChI is InChI=1S/C21H24F3N5O3S/c22-21(23,24)14-28-7-4-18(5-8-28)33(31,32)19-2-1-17(26-11-19)10-27-20(30)29-12-15-3-6-25-9-16(15)13-29/h1-3,6,9,11-12,18,25H,4-5,7-8,10,13-14H2,(H,27,30). The van der Waals surface area contributed by atoms with Crippen LogP contribution in [0.15, 0.2) is 59.0 Å². The van der Waals surface area contributed by atoms with Crippen molar-refractivity contribution in [3.05, 3.63) is 59.8 Å². The van der Waals surface area contributed by atoms with E-state index in [1.807, 2.05) is 12.3 Å². The molecule has 1 fully saturated rings. The van der Waals surface area contributed by atoms with Crippen LogP contribution in [0.25, 0.3) is 0 Å². The van der Waals surface area contributed by atoms with E-state index >= 15 is 0 Å². The first kappa shape index (κ1) is 23.3. The lowest BCUT2D eigenvalue weighted by molar-refractivity contribution is -0.147. The Morgan fingerprint density at radius 2 is 2.00 bits per heavy atom. The Morgan fingerprint density at radius 1 is 1.24 bits per heavy atom. The Bertz CT molecular complexity index is 1090. The number of dihydropyridines is 1. The SMILES string of the molecule is O=C(NCc1ccc(S(=O)(=O)C2CCN(CC(F)(F)F)CC2)cn1)N1C=C2C=CNC=C2C1. The lowest BCUT2D eigenvalue weighted by Crippen LogP contribution is -2.43. The fourth-order valence-corrected chi connectivity index (χ4v) is 5.72. The topological polar surface area (TPSA) is 94.6 Å². The number of hydrogen-bond donors (Lipinski definition) is 2. The van der Waals surface area contributed by atoms with Gasteiger partial charge in [-0.05, 0) is 55.3 Å². The number of urea groups is 1. The summed E-state index contributed by atoms with van der Waals surface area (Å²) in [5.41, 5.74) is 2.46. The lowest BCUT2D eigenvalue weighted by atomic mass is 10.1. The van der Waals surface area contributed by atoms with Gasteiger partial charge in [0.2, 0.25) is 0 Å². The third kappa shape index (κ3) is 5.56. The highest BCUT2D eigenvalue weighted by molar-refractivity contribution is 7.92. The van der Waals surface area contributed by atoms with Gasteiger partial charge in [0, 0.05) is 24.8 Å². The molecule has 0 radical (unpaired) electrons. The van der Waals surface area contributed by atoms with Crippen LogP contribution in [0.4, 0.5) is 18.0 Å². The molecular weight excluding hydrogens is 459 g/mol. The van der Waals surface area contributed by atoms with Gasteiger partial charge < -0.3 is 10.6 Å². The van der Waals surface area contributed by atoms with Gasteiger partial charge in [-0.25, -0.2) is 13.2 Å². The third-order valence-electron chi connectivity index (χ3n) is 5.81. The van der Waals surface area contributed by atoms with Crippen LogP contribution in [0.5, 0.6) is 0 Å². The van der Waals surface area contributed by atoms with Crippen molar-refractivity contribution in [3.8, 4) is 0 Å². The molecule has 12 heteroatoms. The van der Waals surface area contributed by atoms with Crippen molar-refractivity contribution < 1.29 is 26.4 Å². The molecule has 0 aromatic carbocycles. The van der Waals surface area contributed by atoms with Gasteiger partial charge in [0.15, 0.2) is 9.84 Å². The highest BCUT2D eigenvalue weighted by Crippen LogP contribution is 2.27. The predicted octanol–water partition coefficient (Wildman–Crippen LogP) is 2.29. The van der Waals surface area contributed by atoms with Crippen LogP contribution in [-0.4, -0.2) is 66.8 Å². The average Bonchev–Trinajstić information content (AvgIpc) is 3.21. The number of aromatic nitrogens is 1. The summed E-state index contributed by atoms with van der Waals surface area (Å²) in [4.78, 5) is 19.4. The number of fused-ring (bicyclic) bond motifs is 1. The minimum Gasteiger partial charge on any atom is -0.367 e. The van der Waals surface area contributed by atoms with E-state index in [-0.39, 0.29) is 43.4 Å². The van der Waals surface area contributed by atoms with Crippen LogP contribution in [0.2, 0.25) is 0 Å². The Labute approximate surface area is 189 Å². The second kappa shape index (κ2) is 9.18. The van der Waals surface area contributed by atoms with Crippen molar-refractivity contribution in [2.45, 2.75) is 35.7 Å². The highest BCUT2D eigenvalue weighted by atomic mass is 32.2. The number of allylic oxidation sites excluding steroid dienone is 1. The Hall–Kier alpha value is -2.86. The molecule has 1 aromatic rings. The first-order valence-corrected chi connectivity index (χ1v) is 12.0. The minimum absolute atomic E-state index is 0.0337. The molecule has 3 aliphatic heterocycles. The Balaban J connectivity index is 1.30. The van der Waals surface area contributed by atoms with Crippen LogP contribution >= 0.6 is 0 Å². The predicted molar refractivity (Wildman–Crippen MR) is 114 cm³/mol. The summed E-state index contributed by atoms with van der Waals surface area (Å²) in [7, 11) is -3.69. The molecule has 0 atom stereocenters. The maximum absolute atomic E-state index is 12.9. The smallest absolute Gasteiger partial charge is 0.367 e. The lowest BCUT2D eigenvalue weighted by Gasteiger charge is -2.32. The summed E-state index contributed by atoms with van der Waals surface area (Å²) in [5, 5.41) is 5.00. The maximum atomic E-state index is 12.9. The summed E-state index contributed by atoms with van der Waals surface area (Å²) in [6.45, 7) is -0.291. The number of nitrogens with one attached hydrogen (secondary N) is 2. The largest absolute Gasteiger partial charge is 0.401 e. The van der Waals surface area contributed by atoms with E-state index in [1.165, 1.54) is 23.2 Å². The summed E-state index contributed by atoms with van der Waals surface area (Å²) in [6, 6.07) is 2.67. The molecule has 2 N–H and O–H groups in total. The van der Waals surface area contributed by atoms with E-state index in [1.54, 1.807) is 17.3 Å². The van der Waals surface area contributed by atoms with Crippen molar-refractivity contribution in [2.75, 3.05) is 26.2 Å². The van der Waals surface area contributed by atoms with Crippen LogP contribution in [-0.2, 0) is 16.4 Å². The summed E-state index contributed by atoms with van der Waals surface area (Å²) >= 11 is 0. The van der Waals surface area contributed by atoms with Crippen molar-refractivity contribution >= 4 is 15.9 Å². The summed E-state index contributed by atoms with van der Waals surface area (Å²) in [5.74, 6) is 0. The second-order valence-electron chi connectivity index (χ2n) is 8.16. The van der Waals surface area contributed by atoms with E-state index in [2.05, 4.69) is 15.6 Å². The number of likely N-dealkylation sites (tertiary alicyclic amines) is 1. The molecule has 0 bridgehead atoms. The molecule has 178 valence electrons. The number of piperidine rings is 1. The molecular formula is C21H24F3N5O3S. The molecule has 4 heterocycles. The van der Waals surface area contributed by atoms with E-state index in [0.717, 1.165) is 11.1 Å². The number of hydrogen-bond acceptors (Lipinski definition) is 6. The molecule has 8 nitrogen and oxygen atoms in total. The molecule has 1 saturated heterocycles. The average molecular weight is 484 g/mol. The highest BCUT2D eigenvalue weighted by Gasteiger charge is 2.36. The minimum atomic E-state index is -4.30. The number of alkyl halides is 3. The zero-order valence-electron chi connectivity index (χ0n) is 17.7. The van der Waals surface area contributed by atoms with E-state index < -0.39 is 27.8 Å². The van der Waals surface area contributed by atoms with Crippen molar-refractivity contribution in [1.29, 1.82) is 0 Å². The first-order valence-electron chi connectivity index (χ1n) is 10.5. The normalized spacial score (nSPS) is 19.5. The molecule has 0 saturated carbocycles. The molecule has 0 spiro atoms. The van der Waals surface area contributed by atoms with Crippen LogP contribution in [0, 0.1) is 0 Å². The van der Waals surface area contributed by atoms with E-state index in [9.17, 15) is 26.4 Å². The quantitative estimate of drug-likeness (QED) is 0.668. The number of pyridine rings is 1. The molecule has 2 amide bonds. The number of halogens is 3. The number of nitrogens with zero attached hydrogens (tertiary/aromatic N) is 3. The van der Waals surface area contributed by atoms with Crippen LogP contribution in [0.3, 0.4) is 0 Å². The Kier molecular flexibility index (Phi) is 6.48. The number of sulfone groups is 1. The fourth-order valence-electron chi connectivity index (χ4n) is 4.04. The van der Waals surface area contributed by atoms with Gasteiger partial charge >= 0.3 is 12.2 Å². The number of amides is 2. The van der Waals surface area contributed by atoms with Gasteiger partial charge in [0.05, 0.1) is 35.5 Å². The zero-order chi connectivity index (χ0) is 23.6. The maximum Gasteiger partial charge on any atom is 0.401 e. The van der Waals surface area contributed by atoms with Gasteiger partial charge in [0.25, 0.3) is 0 Å². The molecule has 1 aromatic heterocycles. The van der Waals surface area contributed by atoms with Gasteiger partial charge in [-0.15, -0.1) is 0 Å². The molecule has 0 unspecified atom stereocenters. The third-order valence-corrected chi connectivity index (χ3v) is 8.05. The molecule has 0 aliphatic carbocycles. The number of rotatable bonds is 5. The summed E-state index contributed by atoms with van der Waals surface area (Å²) in [6.07, 6.45) is 4.47. The molecule has 33 heavy (non-hydrogen) atoms. The van der Waals surface area contributed by atoms with Crippen LogP contribution in [0.1, 0.15) is 18.5 Å². The van der Waals surface area contributed by atoms with Crippen molar-refractivity contribution in [1.82, 2.24) is 25.4 Å². The number of carbonyl (C=O) groups is 1. The van der Waals surface area contributed by atoms with Crippen molar-refractivity contribution in [3.63, 3.8) is 0 Å². The van der Waals surface area contributed by atoms with E-state index in [0.29, 0.717) is 12.2 Å². The zero-order valence-corrected chi connectivity index (χ0v) is 18.5. The molecule has 3 aliphatic rings. The Morgan fingerprint density at radius 3 is 2.64 bits per heavy atom. The van der Waals surface area contributed by atoms with Gasteiger partial charge in [-0.1, -0.05) is 0 Å². The van der Waals surface area contributed by atoms with E-state index in [4.69, 9.17) is 0 Å².